The van der Waals surface area contributed by atoms with Gasteiger partial charge in [0.15, 0.2) is 6.29 Å². The second kappa shape index (κ2) is 2.82. The lowest BCUT2D eigenvalue weighted by atomic mass is 9.97. The maximum absolute atomic E-state index is 10.6. The first-order valence-corrected chi connectivity index (χ1v) is 4.24. The van der Waals surface area contributed by atoms with Crippen molar-refractivity contribution < 1.29 is 14.6 Å². The van der Waals surface area contributed by atoms with Crippen LogP contribution in [0.4, 0.5) is 0 Å². The molecule has 1 fully saturated rings. The highest BCUT2D eigenvalue weighted by atomic mass is 16.5. The van der Waals surface area contributed by atoms with E-state index in [1.807, 2.05) is 0 Å². The molecule has 1 N–H and O–H groups in total. The third-order valence-corrected chi connectivity index (χ3v) is 2.35. The summed E-state index contributed by atoms with van der Waals surface area (Å²) in [5, 5.41) is 9.60. The predicted octanol–water partition coefficient (Wildman–Crippen LogP) is 0.894. The summed E-state index contributed by atoms with van der Waals surface area (Å²) in [6.07, 6.45) is 2.05. The van der Waals surface area contributed by atoms with E-state index >= 15 is 0 Å². The summed E-state index contributed by atoms with van der Waals surface area (Å²) < 4.78 is 5.44. The Balaban J connectivity index is 2.63. The van der Waals surface area contributed by atoms with E-state index in [-0.39, 0.29) is 6.10 Å². The predicted molar refractivity (Wildman–Crippen MR) is 44.9 cm³/mol. The van der Waals surface area contributed by atoms with E-state index in [4.69, 9.17) is 4.74 Å². The molecule has 0 saturated carbocycles. The summed E-state index contributed by atoms with van der Waals surface area (Å²) in [7, 11) is 0. The van der Waals surface area contributed by atoms with Crippen LogP contribution in [0.2, 0.25) is 0 Å². The zero-order valence-electron chi connectivity index (χ0n) is 7.83. The van der Waals surface area contributed by atoms with Gasteiger partial charge in [0.25, 0.3) is 0 Å². The molecule has 3 nitrogen and oxygen atoms in total. The Labute approximate surface area is 72.7 Å². The van der Waals surface area contributed by atoms with E-state index in [0.717, 1.165) is 12.7 Å². The van der Waals surface area contributed by atoms with Crippen LogP contribution < -0.4 is 0 Å². The lowest BCUT2D eigenvalue weighted by molar-refractivity contribution is -0.140. The van der Waals surface area contributed by atoms with Gasteiger partial charge in [-0.3, -0.25) is 0 Å². The highest BCUT2D eigenvalue weighted by molar-refractivity contribution is 5.62. The minimum atomic E-state index is -0.846. The Morgan fingerprint density at radius 3 is 2.50 bits per heavy atom. The summed E-state index contributed by atoms with van der Waals surface area (Å²) in [5.74, 6) is 0. The first kappa shape index (κ1) is 9.68. The molecule has 0 amide bonds. The number of carbonyl (C=O) groups excluding carboxylic acids is 1. The molecular weight excluding hydrogens is 156 g/mol. The van der Waals surface area contributed by atoms with Crippen molar-refractivity contribution >= 4 is 6.29 Å². The zero-order chi connectivity index (χ0) is 9.41. The van der Waals surface area contributed by atoms with Gasteiger partial charge in [-0.15, -0.1) is 0 Å². The smallest absolute Gasteiger partial charge is 0.151 e. The molecule has 3 heteroatoms. The second-order valence-electron chi connectivity index (χ2n) is 4.23. The first-order chi connectivity index (χ1) is 5.37. The third kappa shape index (κ3) is 1.84. The highest BCUT2D eigenvalue weighted by Crippen LogP contribution is 2.33. The summed E-state index contributed by atoms with van der Waals surface area (Å²) >= 11 is 0. The van der Waals surface area contributed by atoms with E-state index in [1.165, 1.54) is 0 Å². The molecule has 0 aliphatic carbocycles. The quantitative estimate of drug-likeness (QED) is 0.629. The molecule has 1 rings (SSSR count). The molecule has 0 aromatic rings. The van der Waals surface area contributed by atoms with Crippen LogP contribution in [-0.4, -0.2) is 28.7 Å². The zero-order valence-corrected chi connectivity index (χ0v) is 7.83. The molecule has 1 saturated heterocycles. The number of aliphatic hydroxyl groups is 1. The van der Waals surface area contributed by atoms with Gasteiger partial charge in [-0.2, -0.15) is 0 Å². The summed E-state index contributed by atoms with van der Waals surface area (Å²) in [4.78, 5) is 10.6. The average molecular weight is 172 g/mol. The van der Waals surface area contributed by atoms with E-state index in [0.29, 0.717) is 6.42 Å². The number of carbonyl (C=O) groups is 1. The molecule has 0 aromatic heterocycles. The Hall–Kier alpha value is -0.410. The van der Waals surface area contributed by atoms with Crippen LogP contribution in [0, 0.1) is 0 Å². The molecule has 1 aliphatic rings. The molecule has 1 aliphatic heterocycles. The first-order valence-electron chi connectivity index (χ1n) is 4.24. The molecular formula is C9H16O3. The molecule has 0 bridgehead atoms. The molecule has 1 unspecified atom stereocenters. The van der Waals surface area contributed by atoms with Crippen molar-refractivity contribution in [2.24, 2.45) is 0 Å². The number of hydrogen-bond acceptors (Lipinski definition) is 3. The van der Waals surface area contributed by atoms with Gasteiger partial charge in [0.1, 0.15) is 5.60 Å². The van der Waals surface area contributed by atoms with E-state index in [1.54, 1.807) is 20.8 Å². The Morgan fingerprint density at radius 2 is 2.25 bits per heavy atom. The van der Waals surface area contributed by atoms with Crippen molar-refractivity contribution in [1.29, 1.82) is 0 Å². The summed E-state index contributed by atoms with van der Waals surface area (Å²) in [5.41, 5.74) is -1.52. The van der Waals surface area contributed by atoms with Crippen LogP contribution >= 0.6 is 0 Å². The van der Waals surface area contributed by atoms with Crippen LogP contribution in [0.25, 0.3) is 0 Å². The van der Waals surface area contributed by atoms with E-state index in [9.17, 15) is 9.90 Å². The number of rotatable bonds is 2. The third-order valence-electron chi connectivity index (χ3n) is 2.35. The number of hydrogen-bond donors (Lipinski definition) is 1. The Morgan fingerprint density at radius 1 is 1.67 bits per heavy atom. The molecule has 70 valence electrons. The topological polar surface area (TPSA) is 46.5 Å². The van der Waals surface area contributed by atoms with E-state index < -0.39 is 11.2 Å². The molecule has 0 spiro atoms. The standard InChI is InChI=1S/C9H16O3/c1-8(2,11)7-4-5-9(3,6-10)12-7/h6-7,11H,4-5H2,1-3H3/t7-,9?/m1/s1. The fourth-order valence-corrected chi connectivity index (χ4v) is 1.44. The average Bonchev–Trinajstić information content (AvgIpc) is 2.32. The highest BCUT2D eigenvalue weighted by Gasteiger charge is 2.42. The van der Waals surface area contributed by atoms with Gasteiger partial charge < -0.3 is 14.6 Å². The van der Waals surface area contributed by atoms with Gasteiger partial charge in [-0.1, -0.05) is 0 Å². The fourth-order valence-electron chi connectivity index (χ4n) is 1.44. The largest absolute Gasteiger partial charge is 0.388 e. The van der Waals surface area contributed by atoms with Crippen LogP contribution in [0.5, 0.6) is 0 Å². The second-order valence-corrected chi connectivity index (χ2v) is 4.23. The summed E-state index contributed by atoms with van der Waals surface area (Å²) in [6.45, 7) is 5.16. The monoisotopic (exact) mass is 172 g/mol. The Bertz CT molecular complexity index is 183. The van der Waals surface area contributed by atoms with Gasteiger partial charge >= 0.3 is 0 Å². The van der Waals surface area contributed by atoms with Gasteiger partial charge in [-0.25, -0.2) is 0 Å². The van der Waals surface area contributed by atoms with Gasteiger partial charge in [0.05, 0.1) is 11.7 Å². The molecule has 12 heavy (non-hydrogen) atoms. The lowest BCUT2D eigenvalue weighted by Gasteiger charge is -2.27. The van der Waals surface area contributed by atoms with Crippen LogP contribution in [0.15, 0.2) is 0 Å². The maximum atomic E-state index is 10.6. The van der Waals surface area contributed by atoms with Crippen molar-refractivity contribution in [2.45, 2.75) is 50.9 Å². The molecule has 0 radical (unpaired) electrons. The molecule has 2 atom stereocenters. The van der Waals surface area contributed by atoms with Crippen molar-refractivity contribution in [3.05, 3.63) is 0 Å². The molecule has 1 heterocycles. The van der Waals surface area contributed by atoms with Crippen molar-refractivity contribution in [3.63, 3.8) is 0 Å². The van der Waals surface area contributed by atoms with Crippen LogP contribution in [-0.2, 0) is 9.53 Å². The maximum Gasteiger partial charge on any atom is 0.151 e. The van der Waals surface area contributed by atoms with Crippen LogP contribution in [0.3, 0.4) is 0 Å². The Kier molecular flexibility index (Phi) is 2.27. The number of ether oxygens (including phenoxy) is 1. The minimum Gasteiger partial charge on any atom is -0.388 e. The minimum absolute atomic E-state index is 0.215. The van der Waals surface area contributed by atoms with Crippen molar-refractivity contribution in [2.75, 3.05) is 0 Å². The van der Waals surface area contributed by atoms with Gasteiger partial charge in [-0.05, 0) is 33.6 Å². The fraction of sp³-hybridized carbons (Fsp3) is 0.889. The SMILES string of the molecule is CC1(C=O)CC[C@H](C(C)(C)O)O1. The lowest BCUT2D eigenvalue weighted by Crippen LogP contribution is -2.38. The van der Waals surface area contributed by atoms with Crippen molar-refractivity contribution in [1.82, 2.24) is 0 Å². The number of aldehydes is 1. The van der Waals surface area contributed by atoms with Gasteiger partial charge in [0.2, 0.25) is 0 Å². The normalized spacial score (nSPS) is 36.8. The van der Waals surface area contributed by atoms with Crippen molar-refractivity contribution in [3.8, 4) is 0 Å². The van der Waals surface area contributed by atoms with Gasteiger partial charge in [0, 0.05) is 0 Å². The summed E-state index contributed by atoms with van der Waals surface area (Å²) in [6, 6.07) is 0. The molecule has 0 aromatic carbocycles. The van der Waals surface area contributed by atoms with Crippen LogP contribution in [0.1, 0.15) is 33.6 Å². The van der Waals surface area contributed by atoms with E-state index in [2.05, 4.69) is 0 Å².